The summed E-state index contributed by atoms with van der Waals surface area (Å²) in [5.41, 5.74) is 0. The SMILES string of the molecule is COC(C)CNC(=S)NCCSc1ccccc1. The maximum absolute atomic E-state index is 5.16. The van der Waals surface area contributed by atoms with Crippen molar-refractivity contribution in [1.82, 2.24) is 10.6 Å². The first kappa shape index (κ1) is 15.3. The van der Waals surface area contributed by atoms with Crippen LogP contribution in [0.15, 0.2) is 35.2 Å². The number of hydrogen-bond acceptors (Lipinski definition) is 3. The molecule has 0 aliphatic rings. The maximum Gasteiger partial charge on any atom is 0.166 e. The summed E-state index contributed by atoms with van der Waals surface area (Å²) in [5, 5.41) is 6.98. The summed E-state index contributed by atoms with van der Waals surface area (Å²) < 4.78 is 5.13. The van der Waals surface area contributed by atoms with E-state index >= 15 is 0 Å². The van der Waals surface area contributed by atoms with Crippen molar-refractivity contribution in [2.45, 2.75) is 17.9 Å². The van der Waals surface area contributed by atoms with Crippen molar-refractivity contribution < 1.29 is 4.74 Å². The molecule has 100 valence electrons. The van der Waals surface area contributed by atoms with Gasteiger partial charge in [0, 0.05) is 30.8 Å². The summed E-state index contributed by atoms with van der Waals surface area (Å²) in [4.78, 5) is 1.28. The molecule has 0 radical (unpaired) electrons. The van der Waals surface area contributed by atoms with Crippen LogP contribution in [0.1, 0.15) is 6.92 Å². The third kappa shape index (κ3) is 6.83. The summed E-state index contributed by atoms with van der Waals surface area (Å²) in [6.45, 7) is 3.59. The second-order valence-electron chi connectivity index (χ2n) is 3.84. The molecule has 5 heteroatoms. The van der Waals surface area contributed by atoms with E-state index in [0.717, 1.165) is 18.8 Å². The highest BCUT2D eigenvalue weighted by molar-refractivity contribution is 7.99. The van der Waals surface area contributed by atoms with Gasteiger partial charge in [-0.2, -0.15) is 0 Å². The minimum Gasteiger partial charge on any atom is -0.380 e. The van der Waals surface area contributed by atoms with Crippen LogP contribution in [-0.2, 0) is 4.74 Å². The van der Waals surface area contributed by atoms with Gasteiger partial charge in [0.1, 0.15) is 0 Å². The highest BCUT2D eigenvalue weighted by Gasteiger charge is 2.00. The largest absolute Gasteiger partial charge is 0.380 e. The lowest BCUT2D eigenvalue weighted by Crippen LogP contribution is -2.40. The summed E-state index contributed by atoms with van der Waals surface area (Å²) in [6, 6.07) is 10.4. The normalized spacial score (nSPS) is 11.9. The molecule has 0 fully saturated rings. The van der Waals surface area contributed by atoms with E-state index in [2.05, 4.69) is 22.8 Å². The van der Waals surface area contributed by atoms with Crippen LogP contribution in [0.2, 0.25) is 0 Å². The van der Waals surface area contributed by atoms with Gasteiger partial charge in [0.25, 0.3) is 0 Å². The first-order valence-electron chi connectivity index (χ1n) is 5.94. The molecule has 0 saturated carbocycles. The fourth-order valence-electron chi connectivity index (χ4n) is 1.23. The molecule has 0 amide bonds. The van der Waals surface area contributed by atoms with E-state index < -0.39 is 0 Å². The van der Waals surface area contributed by atoms with Crippen LogP contribution in [0.25, 0.3) is 0 Å². The van der Waals surface area contributed by atoms with Crippen LogP contribution >= 0.6 is 24.0 Å². The molecule has 1 unspecified atom stereocenters. The molecule has 0 aliphatic heterocycles. The lowest BCUT2D eigenvalue weighted by Gasteiger charge is -2.13. The van der Waals surface area contributed by atoms with Crippen molar-refractivity contribution in [3.8, 4) is 0 Å². The van der Waals surface area contributed by atoms with Gasteiger partial charge < -0.3 is 15.4 Å². The number of thioether (sulfide) groups is 1. The molecule has 3 nitrogen and oxygen atoms in total. The molecule has 0 bridgehead atoms. The van der Waals surface area contributed by atoms with E-state index in [-0.39, 0.29) is 6.10 Å². The Morgan fingerprint density at radius 3 is 2.72 bits per heavy atom. The van der Waals surface area contributed by atoms with Crippen molar-refractivity contribution in [3.05, 3.63) is 30.3 Å². The van der Waals surface area contributed by atoms with Crippen molar-refractivity contribution in [1.29, 1.82) is 0 Å². The highest BCUT2D eigenvalue weighted by atomic mass is 32.2. The Labute approximate surface area is 119 Å². The molecule has 0 saturated heterocycles. The summed E-state index contributed by atoms with van der Waals surface area (Å²) in [6.07, 6.45) is 0.170. The van der Waals surface area contributed by atoms with Gasteiger partial charge in [0.2, 0.25) is 0 Å². The predicted molar refractivity (Wildman–Crippen MR) is 82.2 cm³/mol. The molecular formula is C13H20N2OS2. The predicted octanol–water partition coefficient (Wildman–Crippen LogP) is 2.28. The number of rotatable bonds is 7. The number of thiocarbonyl (C=S) groups is 1. The summed E-state index contributed by atoms with van der Waals surface area (Å²) >= 11 is 6.98. The number of benzene rings is 1. The van der Waals surface area contributed by atoms with Crippen LogP contribution in [0.3, 0.4) is 0 Å². The number of hydrogen-bond donors (Lipinski definition) is 2. The van der Waals surface area contributed by atoms with Gasteiger partial charge in [0.05, 0.1) is 6.10 Å². The average molecular weight is 284 g/mol. The Morgan fingerprint density at radius 1 is 1.33 bits per heavy atom. The minimum absolute atomic E-state index is 0.170. The van der Waals surface area contributed by atoms with Gasteiger partial charge in [-0.25, -0.2) is 0 Å². The molecule has 0 heterocycles. The number of methoxy groups -OCH3 is 1. The van der Waals surface area contributed by atoms with E-state index in [9.17, 15) is 0 Å². The molecule has 1 atom stereocenters. The molecule has 0 aliphatic carbocycles. The Balaban J connectivity index is 2.05. The maximum atomic E-state index is 5.16. The van der Waals surface area contributed by atoms with Crippen molar-refractivity contribution in [2.24, 2.45) is 0 Å². The third-order valence-corrected chi connectivity index (χ3v) is 3.65. The quantitative estimate of drug-likeness (QED) is 0.456. The minimum atomic E-state index is 0.170. The first-order chi connectivity index (χ1) is 8.72. The third-order valence-electron chi connectivity index (χ3n) is 2.35. The van der Waals surface area contributed by atoms with Gasteiger partial charge in [0.15, 0.2) is 5.11 Å². The zero-order valence-corrected chi connectivity index (χ0v) is 12.4. The molecule has 2 N–H and O–H groups in total. The van der Waals surface area contributed by atoms with Gasteiger partial charge in [-0.1, -0.05) is 18.2 Å². The Bertz CT molecular complexity index is 346. The fraction of sp³-hybridized carbons (Fsp3) is 0.462. The topological polar surface area (TPSA) is 33.3 Å². The van der Waals surface area contributed by atoms with Crippen LogP contribution < -0.4 is 10.6 Å². The van der Waals surface area contributed by atoms with Crippen molar-refractivity contribution in [2.75, 3.05) is 26.0 Å². The molecule has 1 aromatic rings. The van der Waals surface area contributed by atoms with E-state index in [1.807, 2.05) is 36.9 Å². The molecule has 1 aromatic carbocycles. The first-order valence-corrected chi connectivity index (χ1v) is 7.34. The van der Waals surface area contributed by atoms with Gasteiger partial charge in [-0.15, -0.1) is 11.8 Å². The zero-order valence-electron chi connectivity index (χ0n) is 10.8. The van der Waals surface area contributed by atoms with Gasteiger partial charge in [-0.3, -0.25) is 0 Å². The van der Waals surface area contributed by atoms with Crippen LogP contribution in [-0.4, -0.2) is 37.2 Å². The zero-order chi connectivity index (χ0) is 13.2. The molecule has 18 heavy (non-hydrogen) atoms. The van der Waals surface area contributed by atoms with E-state index in [1.165, 1.54) is 4.90 Å². The fourth-order valence-corrected chi connectivity index (χ4v) is 2.21. The summed E-state index contributed by atoms with van der Waals surface area (Å²) in [7, 11) is 1.69. The highest BCUT2D eigenvalue weighted by Crippen LogP contribution is 2.15. The van der Waals surface area contributed by atoms with Gasteiger partial charge >= 0.3 is 0 Å². The van der Waals surface area contributed by atoms with E-state index in [4.69, 9.17) is 17.0 Å². The van der Waals surface area contributed by atoms with Crippen LogP contribution in [0.4, 0.5) is 0 Å². The van der Waals surface area contributed by atoms with Crippen molar-refractivity contribution >= 4 is 29.1 Å². The molecular weight excluding hydrogens is 264 g/mol. The Kier molecular flexibility index (Phi) is 7.80. The number of ether oxygens (including phenoxy) is 1. The average Bonchev–Trinajstić information content (AvgIpc) is 2.42. The van der Waals surface area contributed by atoms with Crippen molar-refractivity contribution in [3.63, 3.8) is 0 Å². The second kappa shape index (κ2) is 9.19. The Morgan fingerprint density at radius 2 is 2.06 bits per heavy atom. The lowest BCUT2D eigenvalue weighted by molar-refractivity contribution is 0.121. The number of nitrogens with one attached hydrogen (secondary N) is 2. The second-order valence-corrected chi connectivity index (χ2v) is 5.42. The van der Waals surface area contributed by atoms with Gasteiger partial charge in [-0.05, 0) is 31.3 Å². The van der Waals surface area contributed by atoms with E-state index in [0.29, 0.717) is 5.11 Å². The van der Waals surface area contributed by atoms with E-state index in [1.54, 1.807) is 7.11 Å². The molecule has 1 rings (SSSR count). The lowest BCUT2D eigenvalue weighted by atomic mass is 10.4. The van der Waals surface area contributed by atoms with Crippen LogP contribution in [0, 0.1) is 0 Å². The molecule has 0 aromatic heterocycles. The smallest absolute Gasteiger partial charge is 0.166 e. The standard InChI is InChI=1S/C13H20N2OS2/c1-11(16-2)10-15-13(17)14-8-9-18-12-6-4-3-5-7-12/h3-7,11H,8-10H2,1-2H3,(H2,14,15,17). The van der Waals surface area contributed by atoms with Crippen LogP contribution in [0.5, 0.6) is 0 Å². The monoisotopic (exact) mass is 284 g/mol. The molecule has 0 spiro atoms. The Hall–Kier alpha value is -0.780. The summed E-state index contributed by atoms with van der Waals surface area (Å²) in [5.74, 6) is 0.992.